The van der Waals surface area contributed by atoms with Crippen LogP contribution in [0.4, 0.5) is 5.69 Å². The average molecular weight is 292 g/mol. The van der Waals surface area contributed by atoms with E-state index in [2.05, 4.69) is 4.99 Å². The number of hydrogen-bond acceptors (Lipinski definition) is 4. The molecule has 20 heavy (non-hydrogen) atoms. The summed E-state index contributed by atoms with van der Waals surface area (Å²) in [6, 6.07) is 10.1. The lowest BCUT2D eigenvalue weighted by molar-refractivity contribution is 0.412. The Kier molecular flexibility index (Phi) is 4.48. The van der Waals surface area contributed by atoms with Gasteiger partial charge in [-0.15, -0.1) is 0 Å². The summed E-state index contributed by atoms with van der Waals surface area (Å²) in [5.41, 5.74) is 1.13. The van der Waals surface area contributed by atoms with Crippen molar-refractivity contribution in [1.82, 2.24) is 0 Å². The molecule has 0 saturated heterocycles. The zero-order chi connectivity index (χ0) is 14.5. The van der Waals surface area contributed by atoms with Crippen LogP contribution in [-0.2, 0) is 0 Å². The maximum absolute atomic E-state index is 9.79. The third kappa shape index (κ3) is 3.22. The topological polar surface area (TPSA) is 51.0 Å². The highest BCUT2D eigenvalue weighted by Gasteiger charge is 2.04. The van der Waals surface area contributed by atoms with Gasteiger partial charge < -0.3 is 14.6 Å². The second kappa shape index (κ2) is 6.30. The van der Waals surface area contributed by atoms with Crippen molar-refractivity contribution in [3.8, 4) is 17.2 Å². The minimum absolute atomic E-state index is 0.121. The molecule has 0 amide bonds. The molecule has 104 valence electrons. The maximum atomic E-state index is 9.79. The summed E-state index contributed by atoms with van der Waals surface area (Å²) in [6.07, 6.45) is 1.53. The van der Waals surface area contributed by atoms with Crippen LogP contribution in [0, 0.1) is 0 Å². The van der Waals surface area contributed by atoms with Gasteiger partial charge in [-0.2, -0.15) is 0 Å². The number of nitrogens with zero attached hydrogens (tertiary/aromatic N) is 1. The van der Waals surface area contributed by atoms with E-state index >= 15 is 0 Å². The number of halogens is 1. The van der Waals surface area contributed by atoms with Crippen molar-refractivity contribution < 1.29 is 14.6 Å². The molecule has 0 spiro atoms. The fourth-order valence-electron chi connectivity index (χ4n) is 1.67. The van der Waals surface area contributed by atoms with Crippen molar-refractivity contribution >= 4 is 23.5 Å². The number of aromatic hydroxyl groups is 1. The van der Waals surface area contributed by atoms with Crippen LogP contribution in [-0.4, -0.2) is 25.5 Å². The SMILES string of the molecule is COc1ccc(O)c(C=Nc2cc(Cl)ccc2OC)c1. The van der Waals surface area contributed by atoms with E-state index in [-0.39, 0.29) is 5.75 Å². The Morgan fingerprint density at radius 1 is 1.10 bits per heavy atom. The molecule has 0 unspecified atom stereocenters. The first-order valence-electron chi connectivity index (χ1n) is 5.88. The lowest BCUT2D eigenvalue weighted by atomic mass is 10.2. The number of ether oxygens (including phenoxy) is 2. The van der Waals surface area contributed by atoms with E-state index < -0.39 is 0 Å². The summed E-state index contributed by atoms with van der Waals surface area (Å²) in [6.45, 7) is 0. The molecule has 0 atom stereocenters. The first kappa shape index (κ1) is 14.2. The van der Waals surface area contributed by atoms with Crippen LogP contribution in [0.5, 0.6) is 17.2 Å². The van der Waals surface area contributed by atoms with Crippen LogP contribution < -0.4 is 9.47 Å². The first-order valence-corrected chi connectivity index (χ1v) is 6.26. The molecule has 0 aliphatic rings. The molecule has 0 radical (unpaired) electrons. The van der Waals surface area contributed by atoms with Crippen LogP contribution >= 0.6 is 11.6 Å². The molecule has 2 aromatic rings. The molecule has 0 aliphatic heterocycles. The number of phenols is 1. The minimum atomic E-state index is 0.121. The van der Waals surface area contributed by atoms with E-state index in [1.807, 2.05) is 0 Å². The van der Waals surface area contributed by atoms with Crippen LogP contribution in [0.3, 0.4) is 0 Å². The fraction of sp³-hybridized carbons (Fsp3) is 0.133. The summed E-state index contributed by atoms with van der Waals surface area (Å²) in [4.78, 5) is 4.29. The van der Waals surface area contributed by atoms with Gasteiger partial charge in [0.2, 0.25) is 0 Å². The second-order valence-corrected chi connectivity index (χ2v) is 4.44. The van der Waals surface area contributed by atoms with Crippen molar-refractivity contribution in [1.29, 1.82) is 0 Å². The predicted octanol–water partition coefficient (Wildman–Crippen LogP) is 3.81. The number of hydrogen-bond donors (Lipinski definition) is 1. The van der Waals surface area contributed by atoms with Gasteiger partial charge in [0.25, 0.3) is 0 Å². The van der Waals surface area contributed by atoms with E-state index in [0.717, 1.165) is 0 Å². The molecule has 0 heterocycles. The van der Waals surface area contributed by atoms with Crippen LogP contribution in [0.1, 0.15) is 5.56 Å². The molecule has 0 bridgehead atoms. The Labute approximate surface area is 122 Å². The van der Waals surface area contributed by atoms with Gasteiger partial charge in [0.05, 0.1) is 14.2 Å². The average Bonchev–Trinajstić information content (AvgIpc) is 2.46. The molecule has 0 saturated carbocycles. The standard InChI is InChI=1S/C15H14ClNO3/c1-19-12-4-5-14(18)10(7-12)9-17-13-8-11(16)3-6-15(13)20-2/h3-9,18H,1-2H3. The monoisotopic (exact) mass is 291 g/mol. The Morgan fingerprint density at radius 2 is 1.90 bits per heavy atom. The van der Waals surface area contributed by atoms with Crippen molar-refractivity contribution in [2.24, 2.45) is 4.99 Å². The highest BCUT2D eigenvalue weighted by molar-refractivity contribution is 6.30. The van der Waals surface area contributed by atoms with Gasteiger partial charge >= 0.3 is 0 Å². The van der Waals surface area contributed by atoms with E-state index in [4.69, 9.17) is 21.1 Å². The Balaban J connectivity index is 2.36. The van der Waals surface area contributed by atoms with Crippen molar-refractivity contribution in [2.75, 3.05) is 14.2 Å². The quantitative estimate of drug-likeness (QED) is 0.871. The number of benzene rings is 2. The van der Waals surface area contributed by atoms with Crippen LogP contribution in [0.15, 0.2) is 41.4 Å². The van der Waals surface area contributed by atoms with Crippen LogP contribution in [0.25, 0.3) is 0 Å². The first-order chi connectivity index (χ1) is 9.63. The molecule has 5 heteroatoms. The molecule has 0 aliphatic carbocycles. The van der Waals surface area contributed by atoms with Crippen molar-refractivity contribution in [3.05, 3.63) is 47.0 Å². The number of aliphatic imine (C=N–C) groups is 1. The number of methoxy groups -OCH3 is 2. The third-order valence-corrected chi connectivity index (χ3v) is 2.95. The maximum Gasteiger partial charge on any atom is 0.144 e. The molecule has 1 N–H and O–H groups in total. The lowest BCUT2D eigenvalue weighted by Crippen LogP contribution is -1.88. The summed E-state index contributed by atoms with van der Waals surface area (Å²) < 4.78 is 10.3. The Hall–Kier alpha value is -2.20. The molecule has 4 nitrogen and oxygen atoms in total. The molecule has 0 aromatic heterocycles. The van der Waals surface area contributed by atoms with Gasteiger partial charge in [0.1, 0.15) is 22.9 Å². The minimum Gasteiger partial charge on any atom is -0.507 e. The molecular formula is C15H14ClNO3. The number of phenolic OH excluding ortho intramolecular Hbond substituents is 1. The van der Waals surface area contributed by atoms with E-state index in [1.54, 1.807) is 50.6 Å². The van der Waals surface area contributed by atoms with Crippen LogP contribution in [0.2, 0.25) is 5.02 Å². The summed E-state index contributed by atoms with van der Waals surface area (Å²) >= 11 is 5.94. The number of rotatable bonds is 4. The van der Waals surface area contributed by atoms with Gasteiger partial charge in [0.15, 0.2) is 0 Å². The van der Waals surface area contributed by atoms with Gasteiger partial charge in [-0.05, 0) is 36.4 Å². The highest BCUT2D eigenvalue weighted by Crippen LogP contribution is 2.31. The smallest absolute Gasteiger partial charge is 0.144 e. The molecule has 2 aromatic carbocycles. The van der Waals surface area contributed by atoms with Crippen molar-refractivity contribution in [3.63, 3.8) is 0 Å². The third-order valence-electron chi connectivity index (χ3n) is 2.72. The highest BCUT2D eigenvalue weighted by atomic mass is 35.5. The van der Waals surface area contributed by atoms with E-state index in [1.165, 1.54) is 6.21 Å². The normalized spacial score (nSPS) is 10.8. The van der Waals surface area contributed by atoms with Gasteiger partial charge in [-0.3, -0.25) is 4.99 Å². The molecule has 0 fully saturated rings. The summed E-state index contributed by atoms with van der Waals surface area (Å²) in [7, 11) is 3.12. The van der Waals surface area contributed by atoms with Gasteiger partial charge in [-0.1, -0.05) is 11.6 Å². The van der Waals surface area contributed by atoms with E-state index in [9.17, 15) is 5.11 Å². The Bertz CT molecular complexity index is 641. The zero-order valence-electron chi connectivity index (χ0n) is 11.1. The Morgan fingerprint density at radius 3 is 2.60 bits per heavy atom. The van der Waals surface area contributed by atoms with Gasteiger partial charge in [-0.25, -0.2) is 0 Å². The lowest BCUT2D eigenvalue weighted by Gasteiger charge is -2.05. The zero-order valence-corrected chi connectivity index (χ0v) is 11.9. The molecular weight excluding hydrogens is 278 g/mol. The van der Waals surface area contributed by atoms with E-state index in [0.29, 0.717) is 27.8 Å². The second-order valence-electron chi connectivity index (χ2n) is 4.00. The van der Waals surface area contributed by atoms with Gasteiger partial charge in [0, 0.05) is 16.8 Å². The summed E-state index contributed by atoms with van der Waals surface area (Å²) in [5, 5.41) is 10.3. The summed E-state index contributed by atoms with van der Waals surface area (Å²) in [5.74, 6) is 1.37. The van der Waals surface area contributed by atoms with Crippen molar-refractivity contribution in [2.45, 2.75) is 0 Å². The fourth-order valence-corrected chi connectivity index (χ4v) is 1.83. The largest absolute Gasteiger partial charge is 0.507 e. The molecule has 2 rings (SSSR count). The predicted molar refractivity (Wildman–Crippen MR) is 79.9 cm³/mol.